The summed E-state index contributed by atoms with van der Waals surface area (Å²) in [4.78, 5) is 11.2. The Morgan fingerprint density at radius 3 is 2.93 bits per heavy atom. The molecule has 2 N–H and O–H groups in total. The molecule has 6 heteroatoms. The molecule has 0 spiro atoms. The van der Waals surface area contributed by atoms with Crippen molar-refractivity contribution < 1.29 is 0 Å². The van der Waals surface area contributed by atoms with Gasteiger partial charge in [0.1, 0.15) is 0 Å². The molecule has 5 nitrogen and oxygen atoms in total. The van der Waals surface area contributed by atoms with Gasteiger partial charge in [-0.3, -0.25) is 4.57 Å². The fourth-order valence-corrected chi connectivity index (χ4v) is 2.06. The Morgan fingerprint density at radius 1 is 1.60 bits per heavy atom. The second-order valence-electron chi connectivity index (χ2n) is 3.51. The van der Waals surface area contributed by atoms with Gasteiger partial charge in [-0.2, -0.15) is 0 Å². The molecule has 86 valence electrons. The van der Waals surface area contributed by atoms with Gasteiger partial charge in [-0.25, -0.2) is 9.89 Å². The number of rotatable bonds is 6. The minimum Gasteiger partial charge on any atom is -0.314 e. The lowest BCUT2D eigenvalue weighted by Gasteiger charge is -2.07. The molecule has 0 aliphatic heterocycles. The SMILES string of the molecule is CCn1c(SCCNC(C)C)n[nH]c1=O. The molecule has 0 aliphatic rings. The number of thioether (sulfide) groups is 1. The third kappa shape index (κ3) is 3.71. The van der Waals surface area contributed by atoms with E-state index in [2.05, 4.69) is 29.4 Å². The van der Waals surface area contributed by atoms with Crippen molar-refractivity contribution in [2.75, 3.05) is 12.3 Å². The van der Waals surface area contributed by atoms with E-state index in [1.54, 1.807) is 16.3 Å². The molecule has 0 fully saturated rings. The first-order valence-corrected chi connectivity index (χ1v) is 6.15. The van der Waals surface area contributed by atoms with Crippen molar-refractivity contribution in [2.45, 2.75) is 38.5 Å². The number of hydrogen-bond donors (Lipinski definition) is 2. The fourth-order valence-electron chi connectivity index (χ4n) is 1.18. The topological polar surface area (TPSA) is 62.7 Å². The first kappa shape index (κ1) is 12.3. The number of hydrogen-bond acceptors (Lipinski definition) is 4. The van der Waals surface area contributed by atoms with Crippen LogP contribution in [0.1, 0.15) is 20.8 Å². The summed E-state index contributed by atoms with van der Waals surface area (Å²) in [6, 6.07) is 0.498. The zero-order chi connectivity index (χ0) is 11.3. The van der Waals surface area contributed by atoms with Gasteiger partial charge in [0, 0.05) is 24.9 Å². The van der Waals surface area contributed by atoms with Crippen LogP contribution in [0.3, 0.4) is 0 Å². The van der Waals surface area contributed by atoms with E-state index in [-0.39, 0.29) is 5.69 Å². The molecule has 0 saturated carbocycles. The van der Waals surface area contributed by atoms with Crippen LogP contribution in [0.4, 0.5) is 0 Å². The lowest BCUT2D eigenvalue weighted by atomic mass is 10.4. The predicted molar refractivity (Wildman–Crippen MR) is 62.4 cm³/mol. The Hall–Kier alpha value is -0.750. The van der Waals surface area contributed by atoms with E-state index in [4.69, 9.17) is 0 Å². The van der Waals surface area contributed by atoms with Crippen LogP contribution in [0.5, 0.6) is 0 Å². The molecule has 0 aliphatic carbocycles. The molecule has 0 unspecified atom stereocenters. The Labute approximate surface area is 93.6 Å². The van der Waals surface area contributed by atoms with Crippen molar-refractivity contribution in [2.24, 2.45) is 0 Å². The van der Waals surface area contributed by atoms with E-state index < -0.39 is 0 Å². The standard InChI is InChI=1S/C9H18N4OS/c1-4-13-8(14)11-12-9(13)15-6-5-10-7(2)3/h7,10H,4-6H2,1-3H3,(H,11,14). The van der Waals surface area contributed by atoms with Crippen molar-refractivity contribution in [1.82, 2.24) is 20.1 Å². The smallest absolute Gasteiger partial charge is 0.314 e. The quantitative estimate of drug-likeness (QED) is 0.557. The third-order valence-electron chi connectivity index (χ3n) is 1.93. The normalized spacial score (nSPS) is 11.2. The van der Waals surface area contributed by atoms with Crippen molar-refractivity contribution in [3.63, 3.8) is 0 Å². The Morgan fingerprint density at radius 2 is 2.33 bits per heavy atom. The summed E-state index contributed by atoms with van der Waals surface area (Å²) in [5, 5.41) is 10.5. The van der Waals surface area contributed by atoms with Crippen molar-refractivity contribution >= 4 is 11.8 Å². The summed E-state index contributed by atoms with van der Waals surface area (Å²) < 4.78 is 1.64. The third-order valence-corrected chi connectivity index (χ3v) is 2.90. The van der Waals surface area contributed by atoms with Crippen LogP contribution >= 0.6 is 11.8 Å². The van der Waals surface area contributed by atoms with Crippen LogP contribution < -0.4 is 11.0 Å². The van der Waals surface area contributed by atoms with Gasteiger partial charge in [0.15, 0.2) is 5.16 Å². The average Bonchev–Trinajstić information content (AvgIpc) is 2.53. The van der Waals surface area contributed by atoms with Crippen LogP contribution in [0.15, 0.2) is 9.95 Å². The molecule has 1 heterocycles. The van der Waals surface area contributed by atoms with Crippen molar-refractivity contribution in [3.05, 3.63) is 10.5 Å². The summed E-state index contributed by atoms with van der Waals surface area (Å²) in [6.07, 6.45) is 0. The van der Waals surface area contributed by atoms with E-state index in [0.29, 0.717) is 12.6 Å². The fraction of sp³-hybridized carbons (Fsp3) is 0.778. The largest absolute Gasteiger partial charge is 0.343 e. The molecule has 1 aromatic heterocycles. The molecule has 0 radical (unpaired) electrons. The number of H-pyrrole nitrogens is 1. The highest BCUT2D eigenvalue weighted by molar-refractivity contribution is 7.99. The summed E-state index contributed by atoms with van der Waals surface area (Å²) in [5.41, 5.74) is -0.128. The van der Waals surface area contributed by atoms with Gasteiger partial charge in [-0.1, -0.05) is 25.6 Å². The zero-order valence-corrected chi connectivity index (χ0v) is 10.2. The van der Waals surface area contributed by atoms with Gasteiger partial charge >= 0.3 is 5.69 Å². The minimum absolute atomic E-state index is 0.128. The Kier molecular flexibility index (Phi) is 4.90. The highest BCUT2D eigenvalue weighted by Gasteiger charge is 2.06. The Bertz CT molecular complexity index is 344. The maximum Gasteiger partial charge on any atom is 0.343 e. The minimum atomic E-state index is -0.128. The van der Waals surface area contributed by atoms with E-state index in [9.17, 15) is 4.79 Å². The highest BCUT2D eigenvalue weighted by atomic mass is 32.2. The maximum atomic E-state index is 11.2. The van der Waals surface area contributed by atoms with Crippen LogP contribution in [0, 0.1) is 0 Å². The van der Waals surface area contributed by atoms with Crippen molar-refractivity contribution in [1.29, 1.82) is 0 Å². The first-order chi connectivity index (χ1) is 7.15. The summed E-state index contributed by atoms with van der Waals surface area (Å²) >= 11 is 1.59. The molecular formula is C9H18N4OS. The molecule has 0 bridgehead atoms. The van der Waals surface area contributed by atoms with Crippen LogP contribution in [0.25, 0.3) is 0 Å². The molecule has 0 amide bonds. The second kappa shape index (κ2) is 5.97. The number of aromatic nitrogens is 3. The molecule has 0 atom stereocenters. The molecule has 1 rings (SSSR count). The lowest BCUT2D eigenvalue weighted by Crippen LogP contribution is -2.25. The molecule has 0 aromatic carbocycles. The summed E-state index contributed by atoms with van der Waals surface area (Å²) in [6.45, 7) is 7.75. The summed E-state index contributed by atoms with van der Waals surface area (Å²) in [7, 11) is 0. The molecular weight excluding hydrogens is 212 g/mol. The van der Waals surface area contributed by atoms with Gasteiger partial charge in [-0.15, -0.1) is 5.10 Å². The van der Waals surface area contributed by atoms with E-state index in [0.717, 1.165) is 17.5 Å². The van der Waals surface area contributed by atoms with Gasteiger partial charge in [0.05, 0.1) is 0 Å². The van der Waals surface area contributed by atoms with E-state index >= 15 is 0 Å². The van der Waals surface area contributed by atoms with Crippen LogP contribution in [-0.4, -0.2) is 33.1 Å². The maximum absolute atomic E-state index is 11.2. The zero-order valence-electron chi connectivity index (χ0n) is 9.41. The molecule has 0 saturated heterocycles. The number of nitrogens with one attached hydrogen (secondary N) is 2. The average molecular weight is 230 g/mol. The van der Waals surface area contributed by atoms with Crippen LogP contribution in [-0.2, 0) is 6.54 Å². The molecule has 15 heavy (non-hydrogen) atoms. The highest BCUT2D eigenvalue weighted by Crippen LogP contribution is 2.11. The van der Waals surface area contributed by atoms with Gasteiger partial charge in [0.25, 0.3) is 0 Å². The molecule has 1 aromatic rings. The summed E-state index contributed by atoms with van der Waals surface area (Å²) in [5.74, 6) is 0.919. The van der Waals surface area contributed by atoms with Crippen molar-refractivity contribution in [3.8, 4) is 0 Å². The van der Waals surface area contributed by atoms with Gasteiger partial charge < -0.3 is 5.32 Å². The van der Waals surface area contributed by atoms with Gasteiger partial charge in [-0.05, 0) is 6.92 Å². The first-order valence-electron chi connectivity index (χ1n) is 5.16. The number of nitrogens with zero attached hydrogens (tertiary/aromatic N) is 2. The number of aromatic amines is 1. The van der Waals surface area contributed by atoms with Gasteiger partial charge in [0.2, 0.25) is 0 Å². The van der Waals surface area contributed by atoms with E-state index in [1.165, 1.54) is 0 Å². The van der Waals surface area contributed by atoms with E-state index in [1.807, 2.05) is 6.92 Å². The lowest BCUT2D eigenvalue weighted by molar-refractivity contribution is 0.614. The van der Waals surface area contributed by atoms with Crippen LogP contribution in [0.2, 0.25) is 0 Å². The Balaban J connectivity index is 2.40. The second-order valence-corrected chi connectivity index (χ2v) is 4.57. The predicted octanol–water partition coefficient (Wildman–Crippen LogP) is 0.681. The monoisotopic (exact) mass is 230 g/mol.